The molecule has 3 N–H and O–H groups in total. The van der Waals surface area contributed by atoms with E-state index in [1.807, 2.05) is 19.0 Å². The number of halogens is 3. The van der Waals surface area contributed by atoms with Gasteiger partial charge < -0.3 is 20.7 Å². The van der Waals surface area contributed by atoms with E-state index in [2.05, 4.69) is 5.16 Å². The Morgan fingerprint density at radius 3 is 2.26 bits per heavy atom. The molecule has 0 rings (SSSR count). The highest BCUT2D eigenvalue weighted by atomic mass is 19.4. The summed E-state index contributed by atoms with van der Waals surface area (Å²) in [6.07, 6.45) is -3.74. The van der Waals surface area contributed by atoms with Crippen LogP contribution in [0.25, 0.3) is 0 Å². The van der Waals surface area contributed by atoms with Gasteiger partial charge in [-0.3, -0.25) is 0 Å². The summed E-state index contributed by atoms with van der Waals surface area (Å²) in [5, 5.41) is 10.9. The Kier molecular flexibility index (Phi) is 7.77. The molecule has 0 aliphatic rings. The molecule has 0 amide bonds. The first kappa shape index (κ1) is 18.0. The maximum Gasteiger partial charge on any atom is 0.400 e. The zero-order chi connectivity index (χ0) is 15.1. The van der Waals surface area contributed by atoms with Crippen LogP contribution in [0.3, 0.4) is 0 Å². The van der Waals surface area contributed by atoms with E-state index in [9.17, 15) is 13.2 Å². The fraction of sp³-hybridized carbons (Fsp3) is 0.909. The van der Waals surface area contributed by atoms with E-state index in [1.54, 1.807) is 11.8 Å². The molecule has 0 aromatic rings. The number of hydrogen-bond acceptors (Lipinski definition) is 4. The first-order valence-electron chi connectivity index (χ1n) is 6.13. The van der Waals surface area contributed by atoms with Gasteiger partial charge in [0.25, 0.3) is 0 Å². The Bertz CT molecular complexity index is 282. The predicted octanol–water partition coefficient (Wildman–Crippen LogP) is 1.18. The molecule has 1 unspecified atom stereocenters. The Hall–Kier alpha value is -1.02. The van der Waals surface area contributed by atoms with Gasteiger partial charge in [0, 0.05) is 6.54 Å². The van der Waals surface area contributed by atoms with E-state index in [0.29, 0.717) is 13.1 Å². The molecule has 0 radical (unpaired) electrons. The summed E-state index contributed by atoms with van der Waals surface area (Å²) in [5.41, 5.74) is 5.13. The summed E-state index contributed by atoms with van der Waals surface area (Å²) in [6, 6.07) is 0. The first-order chi connectivity index (χ1) is 8.72. The molecule has 8 heteroatoms. The van der Waals surface area contributed by atoms with E-state index < -0.39 is 17.9 Å². The number of hydrogen-bond donors (Lipinski definition) is 2. The monoisotopic (exact) mass is 284 g/mol. The van der Waals surface area contributed by atoms with Gasteiger partial charge >= 0.3 is 6.18 Å². The van der Waals surface area contributed by atoms with E-state index in [4.69, 9.17) is 10.9 Å². The summed E-state index contributed by atoms with van der Waals surface area (Å²) in [7, 11) is 3.82. The average Bonchev–Trinajstić information content (AvgIpc) is 2.30. The number of amidine groups is 1. The van der Waals surface area contributed by atoms with Crippen molar-refractivity contribution < 1.29 is 18.4 Å². The second-order valence-electron chi connectivity index (χ2n) is 4.67. The van der Waals surface area contributed by atoms with Gasteiger partial charge in [0.05, 0.1) is 0 Å². The van der Waals surface area contributed by atoms with E-state index in [-0.39, 0.29) is 6.54 Å². The molecule has 19 heavy (non-hydrogen) atoms. The Labute approximate surface area is 111 Å². The molecule has 1 atom stereocenters. The van der Waals surface area contributed by atoms with Crippen LogP contribution in [-0.2, 0) is 0 Å². The molecule has 5 nitrogen and oxygen atoms in total. The zero-order valence-corrected chi connectivity index (χ0v) is 11.6. The van der Waals surface area contributed by atoms with Crippen LogP contribution in [0.5, 0.6) is 0 Å². The lowest BCUT2D eigenvalue weighted by Crippen LogP contribution is -2.45. The van der Waals surface area contributed by atoms with Gasteiger partial charge in [-0.25, -0.2) is 0 Å². The van der Waals surface area contributed by atoms with E-state index >= 15 is 0 Å². The molecule has 0 bridgehead atoms. The quantitative estimate of drug-likeness (QED) is 0.304. The Balaban J connectivity index is 4.53. The lowest BCUT2D eigenvalue weighted by Gasteiger charge is -2.27. The molecule has 0 aliphatic carbocycles. The van der Waals surface area contributed by atoms with Crippen molar-refractivity contribution in [1.82, 2.24) is 9.80 Å². The van der Waals surface area contributed by atoms with Gasteiger partial charge in [-0.05, 0) is 40.2 Å². The number of oxime groups is 1. The second-order valence-corrected chi connectivity index (χ2v) is 4.67. The summed E-state index contributed by atoms with van der Waals surface area (Å²) in [5.74, 6) is -2.73. The normalized spacial score (nSPS) is 15.3. The van der Waals surface area contributed by atoms with Crippen molar-refractivity contribution in [1.29, 1.82) is 0 Å². The standard InChI is InChI=1S/C11H23F3N4O/c1-4-18(7-5-6-17(2)3)8-9(10(15)16-19)11(12,13)14/h9,19H,4-8H2,1-3H3,(H2,15,16). The van der Waals surface area contributed by atoms with Gasteiger partial charge in [0.15, 0.2) is 5.84 Å². The second kappa shape index (κ2) is 8.21. The van der Waals surface area contributed by atoms with Crippen LogP contribution in [0.2, 0.25) is 0 Å². The largest absolute Gasteiger partial charge is 0.409 e. The van der Waals surface area contributed by atoms with Gasteiger partial charge in [0.1, 0.15) is 5.92 Å². The van der Waals surface area contributed by atoms with E-state index in [0.717, 1.165) is 13.0 Å². The molecule has 0 fully saturated rings. The molecule has 114 valence electrons. The SMILES string of the molecule is CCN(CCCN(C)C)CC(C(N)=NO)C(F)(F)F. The highest BCUT2D eigenvalue weighted by Gasteiger charge is 2.43. The van der Waals surface area contributed by atoms with Crippen molar-refractivity contribution in [2.24, 2.45) is 16.8 Å². The highest BCUT2D eigenvalue weighted by molar-refractivity contribution is 5.83. The fourth-order valence-electron chi connectivity index (χ4n) is 1.68. The molecular weight excluding hydrogens is 261 g/mol. The van der Waals surface area contributed by atoms with Crippen molar-refractivity contribution in [3.8, 4) is 0 Å². The fourth-order valence-corrected chi connectivity index (χ4v) is 1.68. The van der Waals surface area contributed by atoms with Crippen molar-refractivity contribution in [2.45, 2.75) is 19.5 Å². The summed E-state index contributed by atoms with van der Waals surface area (Å²) in [6.45, 7) is 3.33. The van der Waals surface area contributed by atoms with Crippen molar-refractivity contribution in [3.05, 3.63) is 0 Å². The maximum absolute atomic E-state index is 12.8. The van der Waals surface area contributed by atoms with Gasteiger partial charge in [-0.2, -0.15) is 13.2 Å². The number of alkyl halides is 3. The minimum atomic E-state index is -4.51. The minimum absolute atomic E-state index is 0.288. The summed E-state index contributed by atoms with van der Waals surface area (Å²) in [4.78, 5) is 3.62. The number of nitrogens with zero attached hydrogens (tertiary/aromatic N) is 3. The highest BCUT2D eigenvalue weighted by Crippen LogP contribution is 2.27. The summed E-state index contributed by atoms with van der Waals surface area (Å²) >= 11 is 0. The van der Waals surface area contributed by atoms with Crippen LogP contribution >= 0.6 is 0 Å². The third-order valence-electron chi connectivity index (χ3n) is 2.84. The van der Waals surface area contributed by atoms with Crippen LogP contribution in [0.4, 0.5) is 13.2 Å². The van der Waals surface area contributed by atoms with Crippen LogP contribution in [-0.4, -0.2) is 67.3 Å². The lowest BCUT2D eigenvalue weighted by atomic mass is 10.1. The summed E-state index contributed by atoms with van der Waals surface area (Å²) < 4.78 is 38.4. The molecular formula is C11H23F3N4O. The van der Waals surface area contributed by atoms with Crippen LogP contribution in [0.15, 0.2) is 5.16 Å². The van der Waals surface area contributed by atoms with Gasteiger partial charge in [0.2, 0.25) is 0 Å². The molecule has 0 heterocycles. The molecule has 0 saturated heterocycles. The maximum atomic E-state index is 12.8. The number of nitrogens with two attached hydrogens (primary N) is 1. The van der Waals surface area contributed by atoms with Crippen molar-refractivity contribution in [2.75, 3.05) is 40.3 Å². The van der Waals surface area contributed by atoms with Crippen LogP contribution in [0.1, 0.15) is 13.3 Å². The first-order valence-corrected chi connectivity index (χ1v) is 6.13. The smallest absolute Gasteiger partial charge is 0.400 e. The molecule has 0 spiro atoms. The third kappa shape index (κ3) is 7.22. The predicted molar refractivity (Wildman–Crippen MR) is 68.2 cm³/mol. The Morgan fingerprint density at radius 1 is 1.32 bits per heavy atom. The zero-order valence-electron chi connectivity index (χ0n) is 11.6. The van der Waals surface area contributed by atoms with E-state index in [1.165, 1.54) is 0 Å². The van der Waals surface area contributed by atoms with Crippen molar-refractivity contribution >= 4 is 5.84 Å². The van der Waals surface area contributed by atoms with Gasteiger partial charge in [-0.15, -0.1) is 0 Å². The molecule has 0 aromatic heterocycles. The van der Waals surface area contributed by atoms with Gasteiger partial charge in [-0.1, -0.05) is 12.1 Å². The minimum Gasteiger partial charge on any atom is -0.409 e. The third-order valence-corrected chi connectivity index (χ3v) is 2.84. The average molecular weight is 284 g/mol. The van der Waals surface area contributed by atoms with Crippen LogP contribution < -0.4 is 5.73 Å². The molecule has 0 aromatic carbocycles. The molecule has 0 aliphatic heterocycles. The number of rotatable bonds is 8. The Morgan fingerprint density at radius 2 is 1.89 bits per heavy atom. The molecule has 0 saturated carbocycles. The topological polar surface area (TPSA) is 65.1 Å². The van der Waals surface area contributed by atoms with Crippen molar-refractivity contribution in [3.63, 3.8) is 0 Å². The van der Waals surface area contributed by atoms with Crippen LogP contribution in [0, 0.1) is 5.92 Å². The lowest BCUT2D eigenvalue weighted by molar-refractivity contribution is -0.160.